The van der Waals surface area contributed by atoms with Gasteiger partial charge in [0.25, 0.3) is 0 Å². The van der Waals surface area contributed by atoms with Crippen LogP contribution >= 0.6 is 11.6 Å². The Morgan fingerprint density at radius 2 is 1.95 bits per heavy atom. The molecule has 0 aliphatic carbocycles. The molecule has 0 amide bonds. The molecule has 0 heterocycles. The number of rotatable bonds is 4. The molecule has 2 aromatic rings. The van der Waals surface area contributed by atoms with E-state index in [9.17, 15) is 14.5 Å². The number of halogens is 2. The molecule has 19 heavy (non-hydrogen) atoms. The van der Waals surface area contributed by atoms with Gasteiger partial charge >= 0.3 is 5.69 Å². The van der Waals surface area contributed by atoms with Crippen molar-refractivity contribution in [1.82, 2.24) is 0 Å². The zero-order valence-corrected chi connectivity index (χ0v) is 10.4. The molecule has 0 fully saturated rings. The van der Waals surface area contributed by atoms with Crippen LogP contribution in [0.3, 0.4) is 0 Å². The molecule has 4 nitrogen and oxygen atoms in total. The fourth-order valence-corrected chi connectivity index (χ4v) is 1.69. The third-order valence-electron chi connectivity index (χ3n) is 2.43. The minimum atomic E-state index is -0.615. The lowest BCUT2D eigenvalue weighted by Gasteiger charge is -2.07. The first kappa shape index (κ1) is 13.3. The Labute approximate surface area is 113 Å². The SMILES string of the molecule is O=[N+]([O-])c1ccccc1Oc1ccc(CCl)cc1F. The number of nitro benzene ring substituents is 1. The van der Waals surface area contributed by atoms with Crippen LogP contribution in [0.25, 0.3) is 0 Å². The minimum absolute atomic E-state index is 0.00924. The van der Waals surface area contributed by atoms with Crippen molar-refractivity contribution in [2.24, 2.45) is 0 Å². The molecule has 0 atom stereocenters. The number of hydrogen-bond acceptors (Lipinski definition) is 3. The Hall–Kier alpha value is -2.14. The van der Waals surface area contributed by atoms with Crippen molar-refractivity contribution in [3.8, 4) is 11.5 Å². The van der Waals surface area contributed by atoms with Crippen LogP contribution in [-0.2, 0) is 5.88 Å². The van der Waals surface area contributed by atoms with Crippen molar-refractivity contribution in [2.45, 2.75) is 5.88 Å². The molecule has 0 bridgehead atoms. The highest BCUT2D eigenvalue weighted by molar-refractivity contribution is 6.17. The van der Waals surface area contributed by atoms with Crippen LogP contribution in [0.5, 0.6) is 11.5 Å². The monoisotopic (exact) mass is 281 g/mol. The third-order valence-corrected chi connectivity index (χ3v) is 2.74. The number of nitro groups is 1. The normalized spacial score (nSPS) is 10.2. The predicted octanol–water partition coefficient (Wildman–Crippen LogP) is 4.27. The lowest BCUT2D eigenvalue weighted by atomic mass is 10.2. The van der Waals surface area contributed by atoms with Crippen molar-refractivity contribution in [3.63, 3.8) is 0 Å². The van der Waals surface area contributed by atoms with E-state index in [1.807, 2.05) is 0 Å². The average molecular weight is 282 g/mol. The maximum Gasteiger partial charge on any atom is 0.311 e. The van der Waals surface area contributed by atoms with Crippen molar-refractivity contribution in [3.05, 3.63) is 64.0 Å². The van der Waals surface area contributed by atoms with Crippen molar-refractivity contribution >= 4 is 17.3 Å². The summed E-state index contributed by atoms with van der Waals surface area (Å²) in [7, 11) is 0. The second kappa shape index (κ2) is 5.67. The Kier molecular flexibility index (Phi) is 3.97. The van der Waals surface area contributed by atoms with Crippen LogP contribution in [0.1, 0.15) is 5.56 Å². The first-order chi connectivity index (χ1) is 9.11. The minimum Gasteiger partial charge on any atom is -0.447 e. The van der Waals surface area contributed by atoms with Gasteiger partial charge < -0.3 is 4.74 Å². The molecule has 0 unspecified atom stereocenters. The summed E-state index contributed by atoms with van der Waals surface area (Å²) in [4.78, 5) is 10.2. The highest BCUT2D eigenvalue weighted by Crippen LogP contribution is 2.32. The summed E-state index contributed by atoms with van der Waals surface area (Å²) < 4.78 is 18.9. The van der Waals surface area contributed by atoms with Gasteiger partial charge in [-0.3, -0.25) is 10.1 Å². The van der Waals surface area contributed by atoms with Gasteiger partial charge in [-0.15, -0.1) is 11.6 Å². The molecule has 0 saturated heterocycles. The van der Waals surface area contributed by atoms with Gasteiger partial charge in [0.05, 0.1) is 4.92 Å². The van der Waals surface area contributed by atoms with Crippen LogP contribution < -0.4 is 4.74 Å². The number of benzene rings is 2. The smallest absolute Gasteiger partial charge is 0.311 e. The quantitative estimate of drug-likeness (QED) is 0.478. The first-order valence-electron chi connectivity index (χ1n) is 5.37. The molecule has 0 N–H and O–H groups in total. The summed E-state index contributed by atoms with van der Waals surface area (Å²) in [5.74, 6) is -0.521. The van der Waals surface area contributed by atoms with Crippen molar-refractivity contribution in [2.75, 3.05) is 0 Å². The van der Waals surface area contributed by atoms with E-state index in [4.69, 9.17) is 16.3 Å². The standard InChI is InChI=1S/C13H9ClFNO3/c14-8-9-5-6-12(10(15)7-9)19-13-4-2-1-3-11(13)16(17)18/h1-7H,8H2. The van der Waals surface area contributed by atoms with Crippen LogP contribution in [0.2, 0.25) is 0 Å². The second-order valence-corrected chi connectivity index (χ2v) is 3.99. The van der Waals surface area contributed by atoms with Gasteiger partial charge in [0.1, 0.15) is 0 Å². The van der Waals surface area contributed by atoms with E-state index in [1.165, 1.54) is 30.3 Å². The van der Waals surface area contributed by atoms with Crippen LogP contribution in [-0.4, -0.2) is 4.92 Å². The zero-order valence-electron chi connectivity index (χ0n) is 9.68. The summed E-state index contributed by atoms with van der Waals surface area (Å²) in [5, 5.41) is 10.8. The van der Waals surface area contributed by atoms with E-state index in [2.05, 4.69) is 0 Å². The van der Waals surface area contributed by atoms with Gasteiger partial charge in [0.15, 0.2) is 11.6 Å². The second-order valence-electron chi connectivity index (χ2n) is 3.73. The fraction of sp³-hybridized carbons (Fsp3) is 0.0769. The van der Waals surface area contributed by atoms with Crippen LogP contribution in [0.15, 0.2) is 42.5 Å². The summed E-state index contributed by atoms with van der Waals surface area (Å²) in [6.45, 7) is 0. The summed E-state index contributed by atoms with van der Waals surface area (Å²) in [6.07, 6.45) is 0. The molecule has 0 radical (unpaired) electrons. The average Bonchev–Trinajstić information content (AvgIpc) is 2.41. The summed E-state index contributed by atoms with van der Waals surface area (Å²) in [6, 6.07) is 10.0. The van der Waals surface area contributed by atoms with Crippen molar-refractivity contribution in [1.29, 1.82) is 0 Å². The van der Waals surface area contributed by atoms with Crippen LogP contribution in [0.4, 0.5) is 10.1 Å². The number of hydrogen-bond donors (Lipinski definition) is 0. The van der Waals surface area contributed by atoms with Gasteiger partial charge in [-0.2, -0.15) is 0 Å². The predicted molar refractivity (Wildman–Crippen MR) is 69.1 cm³/mol. The molecule has 2 aromatic carbocycles. The topological polar surface area (TPSA) is 52.4 Å². The Bertz CT molecular complexity index is 619. The third kappa shape index (κ3) is 3.00. The molecule has 0 saturated carbocycles. The fourth-order valence-electron chi connectivity index (χ4n) is 1.52. The van der Waals surface area contributed by atoms with Gasteiger partial charge in [0, 0.05) is 11.9 Å². The molecule has 0 aromatic heterocycles. The molecule has 6 heteroatoms. The molecule has 0 aliphatic heterocycles. The Balaban J connectivity index is 2.34. The maximum absolute atomic E-state index is 13.7. The molecular weight excluding hydrogens is 273 g/mol. The van der Waals surface area contributed by atoms with Gasteiger partial charge in [0.2, 0.25) is 5.75 Å². The molecule has 0 aliphatic rings. The Morgan fingerprint density at radius 3 is 2.58 bits per heavy atom. The van der Waals surface area contributed by atoms with Gasteiger partial charge in [-0.1, -0.05) is 18.2 Å². The van der Waals surface area contributed by atoms with E-state index in [0.717, 1.165) is 0 Å². The zero-order chi connectivity index (χ0) is 13.8. The first-order valence-corrected chi connectivity index (χ1v) is 5.91. The Morgan fingerprint density at radius 1 is 1.21 bits per heavy atom. The molecule has 2 rings (SSSR count). The highest BCUT2D eigenvalue weighted by atomic mass is 35.5. The van der Waals surface area contributed by atoms with Crippen molar-refractivity contribution < 1.29 is 14.1 Å². The lowest BCUT2D eigenvalue weighted by Crippen LogP contribution is -1.95. The number of alkyl halides is 1. The maximum atomic E-state index is 13.7. The van der Waals surface area contributed by atoms with Gasteiger partial charge in [-0.25, -0.2) is 4.39 Å². The van der Waals surface area contributed by atoms with Crippen LogP contribution in [0, 0.1) is 15.9 Å². The molecule has 0 spiro atoms. The molecular formula is C13H9ClFNO3. The summed E-state index contributed by atoms with van der Waals surface area (Å²) in [5.41, 5.74) is 0.386. The number of ether oxygens (including phenoxy) is 1. The van der Waals surface area contributed by atoms with E-state index in [0.29, 0.717) is 5.56 Å². The largest absolute Gasteiger partial charge is 0.447 e. The lowest BCUT2D eigenvalue weighted by molar-refractivity contribution is -0.385. The van der Waals surface area contributed by atoms with E-state index < -0.39 is 10.7 Å². The molecule has 98 valence electrons. The van der Waals surface area contributed by atoms with E-state index in [-0.39, 0.29) is 23.1 Å². The van der Waals surface area contributed by atoms with E-state index in [1.54, 1.807) is 12.1 Å². The van der Waals surface area contributed by atoms with E-state index >= 15 is 0 Å². The van der Waals surface area contributed by atoms with Gasteiger partial charge in [-0.05, 0) is 23.8 Å². The highest BCUT2D eigenvalue weighted by Gasteiger charge is 2.16. The number of para-hydroxylation sites is 2. The number of nitrogens with zero attached hydrogens (tertiary/aromatic N) is 1. The summed E-state index contributed by atoms with van der Waals surface area (Å²) >= 11 is 5.58.